The average molecular weight is 316 g/mol. The topological polar surface area (TPSA) is 80.5 Å². The zero-order valence-corrected chi connectivity index (χ0v) is 13.2. The van der Waals surface area contributed by atoms with E-state index >= 15 is 0 Å². The SMILES string of the molecule is Cc1ccc(-n2nccn2)c(C(=O)N2C[C@H](CO)OC[C@@H]2C)c1. The largest absolute Gasteiger partial charge is 0.394 e. The number of aromatic nitrogens is 3. The molecule has 0 unspecified atom stereocenters. The first-order valence-corrected chi connectivity index (χ1v) is 7.61. The summed E-state index contributed by atoms with van der Waals surface area (Å²) in [5, 5.41) is 17.6. The summed E-state index contributed by atoms with van der Waals surface area (Å²) in [5.74, 6) is -0.102. The highest BCUT2D eigenvalue weighted by atomic mass is 16.5. The Morgan fingerprint density at radius 3 is 2.83 bits per heavy atom. The molecule has 2 heterocycles. The lowest BCUT2D eigenvalue weighted by atomic mass is 10.1. The Bertz CT molecular complexity index is 687. The number of benzene rings is 1. The van der Waals surface area contributed by atoms with Crippen molar-refractivity contribution in [1.29, 1.82) is 0 Å². The molecule has 0 radical (unpaired) electrons. The van der Waals surface area contributed by atoms with Crippen molar-refractivity contribution in [3.05, 3.63) is 41.7 Å². The second kappa shape index (κ2) is 6.47. The van der Waals surface area contributed by atoms with Crippen LogP contribution in [0.2, 0.25) is 0 Å². The van der Waals surface area contributed by atoms with E-state index in [1.807, 2.05) is 32.0 Å². The molecule has 0 bridgehead atoms. The Kier molecular flexibility index (Phi) is 4.40. The quantitative estimate of drug-likeness (QED) is 0.906. The molecule has 0 spiro atoms. The summed E-state index contributed by atoms with van der Waals surface area (Å²) in [7, 11) is 0. The van der Waals surface area contributed by atoms with E-state index in [2.05, 4.69) is 10.2 Å². The molecule has 1 saturated heterocycles. The van der Waals surface area contributed by atoms with Gasteiger partial charge in [-0.2, -0.15) is 15.0 Å². The summed E-state index contributed by atoms with van der Waals surface area (Å²) in [6, 6.07) is 5.56. The number of carbonyl (C=O) groups excluding carboxylic acids is 1. The van der Waals surface area contributed by atoms with Gasteiger partial charge in [-0.05, 0) is 26.0 Å². The van der Waals surface area contributed by atoms with Gasteiger partial charge in [0, 0.05) is 6.54 Å². The average Bonchev–Trinajstić information content (AvgIpc) is 3.09. The van der Waals surface area contributed by atoms with Crippen LogP contribution in [-0.4, -0.2) is 62.8 Å². The molecule has 23 heavy (non-hydrogen) atoms. The van der Waals surface area contributed by atoms with Crippen LogP contribution >= 0.6 is 0 Å². The third-order valence-corrected chi connectivity index (χ3v) is 3.99. The highest BCUT2D eigenvalue weighted by Crippen LogP contribution is 2.21. The molecule has 2 aromatic rings. The predicted octanol–water partition coefficient (Wildman–Crippen LogP) is 0.798. The summed E-state index contributed by atoms with van der Waals surface area (Å²) >= 11 is 0. The Balaban J connectivity index is 1.97. The van der Waals surface area contributed by atoms with E-state index in [1.165, 1.54) is 4.80 Å². The minimum absolute atomic E-state index is 0.0516. The number of nitrogens with zero attached hydrogens (tertiary/aromatic N) is 4. The van der Waals surface area contributed by atoms with Crippen LogP contribution in [-0.2, 0) is 4.74 Å². The molecule has 1 fully saturated rings. The van der Waals surface area contributed by atoms with Crippen LogP contribution < -0.4 is 0 Å². The first kappa shape index (κ1) is 15.6. The summed E-state index contributed by atoms with van der Waals surface area (Å²) in [4.78, 5) is 16.2. The monoisotopic (exact) mass is 316 g/mol. The van der Waals surface area contributed by atoms with Gasteiger partial charge in [-0.1, -0.05) is 11.6 Å². The summed E-state index contributed by atoms with van der Waals surface area (Å²) in [6.07, 6.45) is 2.81. The van der Waals surface area contributed by atoms with Gasteiger partial charge < -0.3 is 14.7 Å². The van der Waals surface area contributed by atoms with Gasteiger partial charge in [0.1, 0.15) is 0 Å². The summed E-state index contributed by atoms with van der Waals surface area (Å²) in [5.41, 5.74) is 2.18. The first-order valence-electron chi connectivity index (χ1n) is 7.61. The van der Waals surface area contributed by atoms with Crippen LogP contribution in [0.25, 0.3) is 5.69 Å². The highest BCUT2D eigenvalue weighted by Gasteiger charge is 2.31. The second-order valence-electron chi connectivity index (χ2n) is 5.78. The van der Waals surface area contributed by atoms with Crippen molar-refractivity contribution in [2.45, 2.75) is 26.0 Å². The Morgan fingerprint density at radius 2 is 2.13 bits per heavy atom. The van der Waals surface area contributed by atoms with Gasteiger partial charge >= 0.3 is 0 Å². The minimum Gasteiger partial charge on any atom is -0.394 e. The Labute approximate surface area is 134 Å². The van der Waals surface area contributed by atoms with Crippen molar-refractivity contribution in [2.24, 2.45) is 0 Å². The molecule has 1 N–H and O–H groups in total. The number of morpholine rings is 1. The fourth-order valence-electron chi connectivity index (χ4n) is 2.70. The van der Waals surface area contributed by atoms with Crippen molar-refractivity contribution in [3.63, 3.8) is 0 Å². The normalized spacial score (nSPS) is 21.4. The zero-order chi connectivity index (χ0) is 16.4. The van der Waals surface area contributed by atoms with Crippen LogP contribution in [0.1, 0.15) is 22.8 Å². The fourth-order valence-corrected chi connectivity index (χ4v) is 2.70. The highest BCUT2D eigenvalue weighted by molar-refractivity contribution is 5.98. The molecule has 1 aromatic carbocycles. The van der Waals surface area contributed by atoms with E-state index in [-0.39, 0.29) is 24.7 Å². The van der Waals surface area contributed by atoms with Gasteiger partial charge in [-0.15, -0.1) is 0 Å². The van der Waals surface area contributed by atoms with Crippen LogP contribution in [0.3, 0.4) is 0 Å². The van der Waals surface area contributed by atoms with E-state index in [1.54, 1.807) is 17.3 Å². The maximum absolute atomic E-state index is 13.1. The van der Waals surface area contributed by atoms with Gasteiger partial charge in [-0.25, -0.2) is 0 Å². The first-order chi connectivity index (χ1) is 11.1. The van der Waals surface area contributed by atoms with E-state index in [0.29, 0.717) is 24.4 Å². The van der Waals surface area contributed by atoms with E-state index in [4.69, 9.17) is 4.74 Å². The Morgan fingerprint density at radius 1 is 1.39 bits per heavy atom. The number of aryl methyl sites for hydroxylation is 1. The van der Waals surface area contributed by atoms with Gasteiger partial charge in [0.25, 0.3) is 5.91 Å². The molecule has 7 heteroatoms. The van der Waals surface area contributed by atoms with Crippen molar-refractivity contribution in [2.75, 3.05) is 19.8 Å². The summed E-state index contributed by atoms with van der Waals surface area (Å²) < 4.78 is 5.51. The summed E-state index contributed by atoms with van der Waals surface area (Å²) in [6.45, 7) is 4.57. The van der Waals surface area contributed by atoms with Crippen molar-refractivity contribution in [1.82, 2.24) is 19.9 Å². The molecule has 0 saturated carbocycles. The Hall–Kier alpha value is -2.25. The van der Waals surface area contributed by atoms with Gasteiger partial charge in [-0.3, -0.25) is 4.79 Å². The number of rotatable bonds is 3. The van der Waals surface area contributed by atoms with E-state index < -0.39 is 0 Å². The number of hydrogen-bond donors (Lipinski definition) is 1. The van der Waals surface area contributed by atoms with Gasteiger partial charge in [0.15, 0.2) is 0 Å². The maximum Gasteiger partial charge on any atom is 0.256 e. The van der Waals surface area contributed by atoms with Crippen LogP contribution in [0, 0.1) is 6.92 Å². The molecule has 7 nitrogen and oxygen atoms in total. The van der Waals surface area contributed by atoms with Crippen molar-refractivity contribution in [3.8, 4) is 5.69 Å². The minimum atomic E-state index is -0.341. The second-order valence-corrected chi connectivity index (χ2v) is 5.78. The van der Waals surface area contributed by atoms with Crippen LogP contribution in [0.15, 0.2) is 30.6 Å². The molecule has 1 amide bonds. The lowest BCUT2D eigenvalue weighted by molar-refractivity contribution is -0.0667. The molecule has 3 rings (SSSR count). The molecular weight excluding hydrogens is 296 g/mol. The lowest BCUT2D eigenvalue weighted by Gasteiger charge is -2.37. The molecule has 1 aliphatic rings. The fraction of sp³-hybridized carbons (Fsp3) is 0.438. The zero-order valence-electron chi connectivity index (χ0n) is 13.2. The standard InChI is InChI=1S/C16H20N4O3/c1-11-3-4-15(20-17-5-6-18-20)14(7-11)16(22)19-8-13(9-21)23-10-12(19)2/h3-7,12-13,21H,8-10H2,1-2H3/t12-,13+/m0/s1. The number of ether oxygens (including phenoxy) is 1. The van der Waals surface area contributed by atoms with Crippen LogP contribution in [0.4, 0.5) is 0 Å². The van der Waals surface area contributed by atoms with Crippen molar-refractivity contribution < 1.29 is 14.6 Å². The van der Waals surface area contributed by atoms with E-state index in [0.717, 1.165) is 5.56 Å². The third kappa shape index (κ3) is 3.11. The third-order valence-electron chi connectivity index (χ3n) is 3.99. The number of carbonyl (C=O) groups is 1. The molecular formula is C16H20N4O3. The van der Waals surface area contributed by atoms with Gasteiger partial charge in [0.05, 0.1) is 49.0 Å². The number of aliphatic hydroxyl groups is 1. The molecule has 2 atom stereocenters. The van der Waals surface area contributed by atoms with Gasteiger partial charge in [0.2, 0.25) is 0 Å². The smallest absolute Gasteiger partial charge is 0.256 e. The molecule has 122 valence electrons. The number of hydrogen-bond acceptors (Lipinski definition) is 5. The van der Waals surface area contributed by atoms with E-state index in [9.17, 15) is 9.90 Å². The number of amides is 1. The van der Waals surface area contributed by atoms with Crippen LogP contribution in [0.5, 0.6) is 0 Å². The maximum atomic E-state index is 13.1. The number of aliphatic hydroxyl groups excluding tert-OH is 1. The lowest BCUT2D eigenvalue weighted by Crippen LogP contribution is -2.52. The molecule has 0 aliphatic carbocycles. The molecule has 1 aromatic heterocycles. The predicted molar refractivity (Wildman–Crippen MR) is 83.4 cm³/mol. The molecule has 1 aliphatic heterocycles. The van der Waals surface area contributed by atoms with Crippen molar-refractivity contribution >= 4 is 5.91 Å².